The van der Waals surface area contributed by atoms with Crippen molar-refractivity contribution in [2.45, 2.75) is 44.6 Å². The second-order valence-corrected chi connectivity index (χ2v) is 4.82. The fraction of sp³-hybridized carbons (Fsp3) is 0.692. The number of aliphatic hydroxyl groups is 1. The summed E-state index contributed by atoms with van der Waals surface area (Å²) in [4.78, 5) is 8.40. The van der Waals surface area contributed by atoms with Crippen molar-refractivity contribution in [1.29, 1.82) is 0 Å². The number of nitrogens with zero attached hydrogens (tertiary/aromatic N) is 2. The molecule has 0 saturated heterocycles. The van der Waals surface area contributed by atoms with Crippen LogP contribution in [0.15, 0.2) is 12.4 Å². The van der Waals surface area contributed by atoms with Gasteiger partial charge in [-0.15, -0.1) is 0 Å². The normalized spacial score (nSPS) is 29.0. The Labute approximate surface area is 102 Å². The standard InChI is InChI=1S/C13H20N2O2/c1-3-10-5-4-6-13(16,9-10)11-12(17-2)15-8-7-14-11/h7-8,10,16H,3-6,9H2,1-2H3. The van der Waals surface area contributed by atoms with Crippen molar-refractivity contribution in [3.8, 4) is 5.88 Å². The lowest BCUT2D eigenvalue weighted by molar-refractivity contribution is -0.0276. The number of aromatic nitrogens is 2. The molecule has 4 nitrogen and oxygen atoms in total. The highest BCUT2D eigenvalue weighted by molar-refractivity contribution is 5.25. The number of hydrogen-bond donors (Lipinski definition) is 1. The van der Waals surface area contributed by atoms with Gasteiger partial charge in [-0.3, -0.25) is 4.98 Å². The number of ether oxygens (including phenoxy) is 1. The molecule has 1 aliphatic rings. The van der Waals surface area contributed by atoms with E-state index in [1.807, 2.05) is 0 Å². The van der Waals surface area contributed by atoms with Crippen LogP contribution in [0.4, 0.5) is 0 Å². The lowest BCUT2D eigenvalue weighted by atomic mass is 9.75. The summed E-state index contributed by atoms with van der Waals surface area (Å²) >= 11 is 0. The molecule has 1 aliphatic carbocycles. The highest BCUT2D eigenvalue weighted by atomic mass is 16.5. The predicted octanol–water partition coefficient (Wildman–Crippen LogP) is 2.27. The van der Waals surface area contributed by atoms with Crippen molar-refractivity contribution in [3.63, 3.8) is 0 Å². The average Bonchev–Trinajstić information content (AvgIpc) is 2.38. The Balaban J connectivity index is 2.30. The van der Waals surface area contributed by atoms with E-state index in [4.69, 9.17) is 4.74 Å². The van der Waals surface area contributed by atoms with Crippen LogP contribution in [0.25, 0.3) is 0 Å². The van der Waals surface area contributed by atoms with E-state index in [2.05, 4.69) is 16.9 Å². The smallest absolute Gasteiger partial charge is 0.238 e. The minimum Gasteiger partial charge on any atom is -0.480 e. The van der Waals surface area contributed by atoms with Crippen LogP contribution >= 0.6 is 0 Å². The van der Waals surface area contributed by atoms with Crippen molar-refractivity contribution < 1.29 is 9.84 Å². The Kier molecular flexibility index (Phi) is 3.62. The maximum Gasteiger partial charge on any atom is 0.238 e. The molecule has 0 bridgehead atoms. The second kappa shape index (κ2) is 5.00. The molecule has 4 heteroatoms. The van der Waals surface area contributed by atoms with Gasteiger partial charge in [0.15, 0.2) is 0 Å². The molecule has 1 aromatic rings. The Hall–Kier alpha value is -1.16. The molecule has 1 N–H and O–H groups in total. The molecule has 1 aromatic heterocycles. The largest absolute Gasteiger partial charge is 0.480 e. The van der Waals surface area contributed by atoms with Gasteiger partial charge in [-0.25, -0.2) is 4.98 Å². The topological polar surface area (TPSA) is 55.2 Å². The Morgan fingerprint density at radius 1 is 1.47 bits per heavy atom. The average molecular weight is 236 g/mol. The highest BCUT2D eigenvalue weighted by Gasteiger charge is 2.39. The number of methoxy groups -OCH3 is 1. The van der Waals surface area contributed by atoms with Crippen LogP contribution in [-0.4, -0.2) is 22.2 Å². The quantitative estimate of drug-likeness (QED) is 0.874. The molecule has 1 fully saturated rings. The molecular weight excluding hydrogens is 216 g/mol. The molecule has 0 radical (unpaired) electrons. The van der Waals surface area contributed by atoms with E-state index in [0.717, 1.165) is 25.7 Å². The van der Waals surface area contributed by atoms with Crippen molar-refractivity contribution in [3.05, 3.63) is 18.1 Å². The summed E-state index contributed by atoms with van der Waals surface area (Å²) in [7, 11) is 1.57. The first-order chi connectivity index (χ1) is 8.19. The maximum atomic E-state index is 10.8. The van der Waals surface area contributed by atoms with Gasteiger partial charge in [-0.05, 0) is 25.2 Å². The molecule has 2 rings (SSSR count). The molecule has 2 unspecified atom stereocenters. The molecule has 0 aliphatic heterocycles. The molecule has 1 heterocycles. The Morgan fingerprint density at radius 2 is 2.24 bits per heavy atom. The molecule has 2 atom stereocenters. The second-order valence-electron chi connectivity index (χ2n) is 4.82. The van der Waals surface area contributed by atoms with E-state index in [1.54, 1.807) is 19.5 Å². The summed E-state index contributed by atoms with van der Waals surface area (Å²) in [6, 6.07) is 0. The van der Waals surface area contributed by atoms with E-state index < -0.39 is 5.60 Å². The van der Waals surface area contributed by atoms with Crippen LogP contribution in [0.3, 0.4) is 0 Å². The van der Waals surface area contributed by atoms with Gasteiger partial charge >= 0.3 is 0 Å². The first kappa shape index (κ1) is 12.3. The monoisotopic (exact) mass is 236 g/mol. The van der Waals surface area contributed by atoms with E-state index in [-0.39, 0.29) is 0 Å². The molecule has 17 heavy (non-hydrogen) atoms. The SMILES string of the molecule is CCC1CCCC(O)(c2nccnc2OC)C1. The third-order valence-electron chi connectivity index (χ3n) is 3.71. The minimum atomic E-state index is -0.863. The van der Waals surface area contributed by atoms with Crippen molar-refractivity contribution in [1.82, 2.24) is 9.97 Å². The summed E-state index contributed by atoms with van der Waals surface area (Å²) < 4.78 is 5.20. The molecule has 0 spiro atoms. The van der Waals surface area contributed by atoms with Gasteiger partial charge < -0.3 is 9.84 Å². The fourth-order valence-corrected chi connectivity index (χ4v) is 2.72. The van der Waals surface area contributed by atoms with Gasteiger partial charge in [0, 0.05) is 12.4 Å². The summed E-state index contributed by atoms with van der Waals surface area (Å²) in [6.45, 7) is 2.17. The van der Waals surface area contributed by atoms with E-state index >= 15 is 0 Å². The predicted molar refractivity (Wildman–Crippen MR) is 64.7 cm³/mol. The summed E-state index contributed by atoms with van der Waals surface area (Å²) in [5, 5.41) is 10.8. The number of hydrogen-bond acceptors (Lipinski definition) is 4. The van der Waals surface area contributed by atoms with Gasteiger partial charge in [-0.1, -0.05) is 19.8 Å². The van der Waals surface area contributed by atoms with Crippen LogP contribution in [0, 0.1) is 5.92 Å². The van der Waals surface area contributed by atoms with Crippen molar-refractivity contribution in [2.75, 3.05) is 7.11 Å². The van der Waals surface area contributed by atoms with Crippen molar-refractivity contribution in [2.24, 2.45) is 5.92 Å². The third kappa shape index (κ3) is 2.41. The van der Waals surface area contributed by atoms with E-state index in [9.17, 15) is 5.11 Å². The number of rotatable bonds is 3. The van der Waals surface area contributed by atoms with Gasteiger partial charge in [-0.2, -0.15) is 0 Å². The molecular formula is C13H20N2O2. The minimum absolute atomic E-state index is 0.451. The molecule has 0 aromatic carbocycles. The van der Waals surface area contributed by atoms with Crippen LogP contribution in [0.1, 0.15) is 44.7 Å². The van der Waals surface area contributed by atoms with Crippen LogP contribution < -0.4 is 4.74 Å². The Morgan fingerprint density at radius 3 is 2.94 bits per heavy atom. The zero-order chi connectivity index (χ0) is 12.3. The van der Waals surface area contributed by atoms with E-state index in [0.29, 0.717) is 17.5 Å². The van der Waals surface area contributed by atoms with Crippen LogP contribution in [0.2, 0.25) is 0 Å². The maximum absolute atomic E-state index is 10.8. The summed E-state index contributed by atoms with van der Waals surface area (Å²) in [5.41, 5.74) is -0.265. The highest BCUT2D eigenvalue weighted by Crippen LogP contribution is 2.42. The Bertz CT molecular complexity index is 383. The van der Waals surface area contributed by atoms with Gasteiger partial charge in [0.1, 0.15) is 11.3 Å². The lowest BCUT2D eigenvalue weighted by Crippen LogP contribution is -2.34. The summed E-state index contributed by atoms with van der Waals surface area (Å²) in [5.74, 6) is 1.02. The third-order valence-corrected chi connectivity index (χ3v) is 3.71. The van der Waals surface area contributed by atoms with Crippen LogP contribution in [-0.2, 0) is 5.60 Å². The van der Waals surface area contributed by atoms with E-state index in [1.165, 1.54) is 6.42 Å². The van der Waals surface area contributed by atoms with Crippen LogP contribution in [0.5, 0.6) is 5.88 Å². The van der Waals surface area contributed by atoms with Gasteiger partial charge in [0.05, 0.1) is 7.11 Å². The van der Waals surface area contributed by atoms with Gasteiger partial charge in [0.2, 0.25) is 5.88 Å². The zero-order valence-electron chi connectivity index (χ0n) is 10.5. The van der Waals surface area contributed by atoms with Gasteiger partial charge in [0.25, 0.3) is 0 Å². The molecule has 1 saturated carbocycles. The molecule has 0 amide bonds. The first-order valence-corrected chi connectivity index (χ1v) is 6.27. The fourth-order valence-electron chi connectivity index (χ4n) is 2.72. The zero-order valence-corrected chi connectivity index (χ0v) is 10.5. The first-order valence-electron chi connectivity index (χ1n) is 6.27. The lowest BCUT2D eigenvalue weighted by Gasteiger charge is -2.36. The summed E-state index contributed by atoms with van der Waals surface area (Å²) in [6.07, 6.45) is 8.05. The molecule has 94 valence electrons. The van der Waals surface area contributed by atoms with Crippen molar-refractivity contribution >= 4 is 0 Å².